The van der Waals surface area contributed by atoms with Crippen LogP contribution in [0.2, 0.25) is 0 Å². The lowest BCUT2D eigenvalue weighted by atomic mass is 10.4. The molecule has 0 bridgehead atoms. The number of nitrogens with one attached hydrogen (secondary N) is 2. The number of nitrogens with zero attached hydrogens (tertiary/aromatic N) is 2. The number of hydrogen-bond acceptors (Lipinski definition) is 4. The molecule has 23 heavy (non-hydrogen) atoms. The zero-order valence-electron chi connectivity index (χ0n) is 14.1. The molecule has 124 valence electrons. The first-order valence-corrected chi connectivity index (χ1v) is 9.37. The van der Waals surface area contributed by atoms with Crippen LogP contribution in [0.15, 0.2) is 40.2 Å². The van der Waals surface area contributed by atoms with E-state index < -0.39 is 0 Å². The van der Waals surface area contributed by atoms with Crippen molar-refractivity contribution in [2.75, 3.05) is 13.6 Å². The number of aromatic nitrogens is 1. The van der Waals surface area contributed by atoms with Crippen molar-refractivity contribution in [2.45, 2.75) is 37.5 Å². The van der Waals surface area contributed by atoms with Gasteiger partial charge in [0.25, 0.3) is 0 Å². The number of thiazole rings is 1. The van der Waals surface area contributed by atoms with E-state index in [0.717, 1.165) is 29.8 Å². The van der Waals surface area contributed by atoms with E-state index in [-0.39, 0.29) is 0 Å². The van der Waals surface area contributed by atoms with E-state index in [0.29, 0.717) is 5.25 Å². The van der Waals surface area contributed by atoms with Crippen molar-refractivity contribution in [3.63, 3.8) is 0 Å². The molecule has 0 fully saturated rings. The first-order chi connectivity index (χ1) is 11.1. The van der Waals surface area contributed by atoms with Gasteiger partial charge in [0, 0.05) is 28.6 Å². The van der Waals surface area contributed by atoms with Gasteiger partial charge in [0.1, 0.15) is 0 Å². The van der Waals surface area contributed by atoms with Crippen LogP contribution in [0.25, 0.3) is 0 Å². The highest BCUT2D eigenvalue weighted by atomic mass is 32.2. The Bertz CT molecular complexity index is 637. The molecule has 1 aromatic carbocycles. The third-order valence-electron chi connectivity index (χ3n) is 3.28. The molecule has 1 heterocycles. The summed E-state index contributed by atoms with van der Waals surface area (Å²) in [6.45, 7) is 7.93. The van der Waals surface area contributed by atoms with Crippen LogP contribution in [0, 0.1) is 13.8 Å². The molecule has 0 saturated carbocycles. The molecular formula is C17H24N4S2. The lowest BCUT2D eigenvalue weighted by Gasteiger charge is -2.15. The SMILES string of the molecule is CN=C(NCc1sc(C)nc1C)NCC(C)Sc1ccccc1. The van der Waals surface area contributed by atoms with Gasteiger partial charge in [-0.3, -0.25) is 4.99 Å². The smallest absolute Gasteiger partial charge is 0.191 e. The third-order valence-corrected chi connectivity index (χ3v) is 5.46. The highest BCUT2D eigenvalue weighted by molar-refractivity contribution is 8.00. The summed E-state index contributed by atoms with van der Waals surface area (Å²) >= 11 is 3.60. The second-order valence-corrected chi connectivity index (χ2v) is 8.09. The molecule has 0 aliphatic rings. The van der Waals surface area contributed by atoms with Gasteiger partial charge in [0.15, 0.2) is 5.96 Å². The molecule has 0 spiro atoms. The maximum absolute atomic E-state index is 4.45. The maximum Gasteiger partial charge on any atom is 0.191 e. The lowest BCUT2D eigenvalue weighted by molar-refractivity contribution is 0.792. The monoisotopic (exact) mass is 348 g/mol. The first-order valence-electron chi connectivity index (χ1n) is 7.67. The second kappa shape index (κ2) is 8.93. The molecule has 4 nitrogen and oxygen atoms in total. The Kier molecular flexibility index (Phi) is 6.92. The zero-order chi connectivity index (χ0) is 16.7. The average molecular weight is 349 g/mol. The number of guanidine groups is 1. The van der Waals surface area contributed by atoms with E-state index in [1.54, 1.807) is 18.4 Å². The maximum atomic E-state index is 4.45. The van der Waals surface area contributed by atoms with Gasteiger partial charge in [-0.25, -0.2) is 4.98 Å². The van der Waals surface area contributed by atoms with Gasteiger partial charge < -0.3 is 10.6 Å². The minimum atomic E-state index is 0.461. The number of aliphatic imine (C=N–C) groups is 1. The normalized spacial score (nSPS) is 13.0. The molecule has 1 unspecified atom stereocenters. The fraction of sp³-hybridized carbons (Fsp3) is 0.412. The predicted octanol–water partition coefficient (Wildman–Crippen LogP) is 3.61. The number of benzene rings is 1. The molecule has 1 aromatic heterocycles. The predicted molar refractivity (Wildman–Crippen MR) is 102 cm³/mol. The molecule has 0 aliphatic carbocycles. The highest BCUT2D eigenvalue weighted by Gasteiger charge is 2.08. The van der Waals surface area contributed by atoms with Gasteiger partial charge in [-0.1, -0.05) is 25.1 Å². The Hall–Kier alpha value is -1.53. The Morgan fingerprint density at radius 2 is 2.00 bits per heavy atom. The molecule has 2 N–H and O–H groups in total. The third kappa shape index (κ3) is 5.88. The van der Waals surface area contributed by atoms with Crippen molar-refractivity contribution in [1.82, 2.24) is 15.6 Å². The van der Waals surface area contributed by atoms with Crippen LogP contribution in [-0.4, -0.2) is 29.8 Å². The van der Waals surface area contributed by atoms with E-state index in [1.807, 2.05) is 24.8 Å². The summed E-state index contributed by atoms with van der Waals surface area (Å²) in [6, 6.07) is 10.5. The van der Waals surface area contributed by atoms with Crippen molar-refractivity contribution in [3.05, 3.63) is 45.9 Å². The number of rotatable bonds is 6. The fourth-order valence-corrected chi connectivity index (χ4v) is 3.96. The van der Waals surface area contributed by atoms with Gasteiger partial charge in [0.05, 0.1) is 17.2 Å². The fourth-order valence-electron chi connectivity index (χ4n) is 2.14. The quantitative estimate of drug-likeness (QED) is 0.476. The Labute approximate surface area is 146 Å². The van der Waals surface area contributed by atoms with E-state index >= 15 is 0 Å². The highest BCUT2D eigenvalue weighted by Crippen LogP contribution is 2.22. The van der Waals surface area contributed by atoms with Gasteiger partial charge in [0.2, 0.25) is 0 Å². The molecular weight excluding hydrogens is 324 g/mol. The van der Waals surface area contributed by atoms with Crippen molar-refractivity contribution < 1.29 is 0 Å². The average Bonchev–Trinajstić information content (AvgIpc) is 2.86. The van der Waals surface area contributed by atoms with Gasteiger partial charge in [-0.05, 0) is 26.0 Å². The van der Waals surface area contributed by atoms with Gasteiger partial charge >= 0.3 is 0 Å². The van der Waals surface area contributed by atoms with Crippen LogP contribution in [0.3, 0.4) is 0 Å². The minimum absolute atomic E-state index is 0.461. The lowest BCUT2D eigenvalue weighted by Crippen LogP contribution is -2.39. The summed E-state index contributed by atoms with van der Waals surface area (Å²) < 4.78 is 0. The van der Waals surface area contributed by atoms with Crippen LogP contribution in [0.4, 0.5) is 0 Å². The van der Waals surface area contributed by atoms with Gasteiger partial charge in [-0.2, -0.15) is 0 Å². The van der Waals surface area contributed by atoms with Crippen LogP contribution >= 0.6 is 23.1 Å². The summed E-state index contributed by atoms with van der Waals surface area (Å²) in [6.07, 6.45) is 0. The topological polar surface area (TPSA) is 49.3 Å². The molecule has 0 aliphatic heterocycles. The Morgan fingerprint density at radius 1 is 1.26 bits per heavy atom. The first kappa shape index (κ1) is 17.8. The summed E-state index contributed by atoms with van der Waals surface area (Å²) in [5.74, 6) is 0.830. The summed E-state index contributed by atoms with van der Waals surface area (Å²) in [4.78, 5) is 11.3. The number of hydrogen-bond donors (Lipinski definition) is 2. The Balaban J connectivity index is 1.77. The minimum Gasteiger partial charge on any atom is -0.355 e. The van der Waals surface area contributed by atoms with Crippen LogP contribution in [-0.2, 0) is 6.54 Å². The van der Waals surface area contributed by atoms with Crippen LogP contribution < -0.4 is 10.6 Å². The van der Waals surface area contributed by atoms with Crippen molar-refractivity contribution in [2.24, 2.45) is 4.99 Å². The molecule has 0 saturated heterocycles. The molecule has 1 atom stereocenters. The van der Waals surface area contributed by atoms with Crippen molar-refractivity contribution >= 4 is 29.1 Å². The molecule has 0 amide bonds. The zero-order valence-corrected chi connectivity index (χ0v) is 15.7. The van der Waals surface area contributed by atoms with Gasteiger partial charge in [-0.15, -0.1) is 23.1 Å². The molecule has 2 aromatic rings. The molecule has 0 radical (unpaired) electrons. The van der Waals surface area contributed by atoms with E-state index in [9.17, 15) is 0 Å². The van der Waals surface area contributed by atoms with Crippen molar-refractivity contribution in [3.8, 4) is 0 Å². The molecule has 2 rings (SSSR count). The summed E-state index contributed by atoms with van der Waals surface area (Å²) in [7, 11) is 1.80. The summed E-state index contributed by atoms with van der Waals surface area (Å²) in [5.41, 5.74) is 1.10. The summed E-state index contributed by atoms with van der Waals surface area (Å²) in [5, 5.41) is 8.32. The number of aryl methyl sites for hydroxylation is 2. The number of thioether (sulfide) groups is 1. The van der Waals surface area contributed by atoms with E-state index in [4.69, 9.17) is 0 Å². The largest absolute Gasteiger partial charge is 0.355 e. The molecule has 6 heteroatoms. The van der Waals surface area contributed by atoms with E-state index in [2.05, 4.69) is 58.7 Å². The van der Waals surface area contributed by atoms with E-state index in [1.165, 1.54) is 9.77 Å². The van der Waals surface area contributed by atoms with Crippen LogP contribution in [0.5, 0.6) is 0 Å². The van der Waals surface area contributed by atoms with Crippen molar-refractivity contribution in [1.29, 1.82) is 0 Å². The standard InChI is InChI=1S/C17H24N4S2/c1-12(22-15-8-6-5-7-9-15)10-19-17(18-4)20-11-16-13(2)21-14(3)23-16/h5-9,12H,10-11H2,1-4H3,(H2,18,19,20). The Morgan fingerprint density at radius 3 is 2.61 bits per heavy atom. The second-order valence-electron chi connectivity index (χ2n) is 5.29. The van der Waals surface area contributed by atoms with Crippen LogP contribution in [0.1, 0.15) is 22.5 Å².